The summed E-state index contributed by atoms with van der Waals surface area (Å²) >= 11 is 5.21. The average Bonchev–Trinajstić information content (AvgIpc) is 2.60. The topological polar surface area (TPSA) is 59.6 Å². The first-order valence-corrected chi connectivity index (χ1v) is 8.03. The summed E-state index contributed by atoms with van der Waals surface area (Å²) in [5.74, 6) is 0.854. The van der Waals surface area contributed by atoms with E-state index in [0.29, 0.717) is 29.4 Å². The van der Waals surface area contributed by atoms with Crippen LogP contribution in [0.1, 0.15) is 23.7 Å². The van der Waals surface area contributed by atoms with Gasteiger partial charge in [0.25, 0.3) is 5.91 Å². The molecule has 24 heavy (non-hydrogen) atoms. The van der Waals surface area contributed by atoms with Crippen molar-refractivity contribution in [1.29, 1.82) is 0 Å². The van der Waals surface area contributed by atoms with Crippen LogP contribution in [0.15, 0.2) is 48.5 Å². The number of carbonyl (C=O) groups excluding carboxylic acids is 1. The van der Waals surface area contributed by atoms with Gasteiger partial charge in [-0.1, -0.05) is 31.2 Å². The molecule has 2 aromatic rings. The number of nitrogens with one attached hydrogen (secondary N) is 2. The molecule has 0 heterocycles. The Kier molecular flexibility index (Phi) is 6.57. The first-order valence-electron chi connectivity index (χ1n) is 7.63. The summed E-state index contributed by atoms with van der Waals surface area (Å²) in [5.41, 5.74) is 1.12. The van der Waals surface area contributed by atoms with Crippen LogP contribution in [0, 0.1) is 0 Å². The minimum absolute atomic E-state index is 0.190. The van der Waals surface area contributed by atoms with E-state index in [9.17, 15) is 4.79 Å². The Bertz CT molecular complexity index is 719. The number of thiocarbonyl (C=S) groups is 1. The summed E-state index contributed by atoms with van der Waals surface area (Å²) in [4.78, 5) is 12.4. The van der Waals surface area contributed by atoms with Gasteiger partial charge in [0.15, 0.2) is 5.11 Å². The SMILES string of the molecule is CCCOc1ccccc1C(=O)NC(=S)Nc1ccccc1OC. The minimum Gasteiger partial charge on any atom is -0.495 e. The van der Waals surface area contributed by atoms with Crippen molar-refractivity contribution in [3.05, 3.63) is 54.1 Å². The van der Waals surface area contributed by atoms with E-state index >= 15 is 0 Å². The number of benzene rings is 2. The van der Waals surface area contributed by atoms with Crippen molar-refractivity contribution in [2.24, 2.45) is 0 Å². The minimum atomic E-state index is -0.325. The molecule has 0 aliphatic rings. The second kappa shape index (κ2) is 8.88. The molecule has 2 N–H and O–H groups in total. The highest BCUT2D eigenvalue weighted by molar-refractivity contribution is 7.80. The lowest BCUT2D eigenvalue weighted by Gasteiger charge is -2.14. The normalized spacial score (nSPS) is 9.92. The van der Waals surface area contributed by atoms with E-state index in [4.69, 9.17) is 21.7 Å². The lowest BCUT2D eigenvalue weighted by atomic mass is 10.2. The number of rotatable bonds is 6. The number of ether oxygens (including phenoxy) is 2. The molecule has 0 aromatic heterocycles. The fraction of sp³-hybridized carbons (Fsp3) is 0.222. The highest BCUT2D eigenvalue weighted by Crippen LogP contribution is 2.23. The Morgan fingerprint density at radius 2 is 1.75 bits per heavy atom. The second-order valence-corrected chi connectivity index (χ2v) is 5.36. The molecular weight excluding hydrogens is 324 g/mol. The summed E-state index contributed by atoms with van der Waals surface area (Å²) in [6.45, 7) is 2.56. The molecule has 0 aliphatic carbocycles. The van der Waals surface area contributed by atoms with E-state index in [1.165, 1.54) is 0 Å². The van der Waals surface area contributed by atoms with Crippen molar-refractivity contribution >= 4 is 28.9 Å². The van der Waals surface area contributed by atoms with E-state index < -0.39 is 0 Å². The number of methoxy groups -OCH3 is 1. The van der Waals surface area contributed by atoms with E-state index in [0.717, 1.165) is 6.42 Å². The average molecular weight is 344 g/mol. The Morgan fingerprint density at radius 3 is 2.46 bits per heavy atom. The lowest BCUT2D eigenvalue weighted by molar-refractivity contribution is 0.0973. The highest BCUT2D eigenvalue weighted by Gasteiger charge is 2.14. The maximum Gasteiger partial charge on any atom is 0.261 e. The van der Waals surface area contributed by atoms with Gasteiger partial charge >= 0.3 is 0 Å². The molecule has 0 atom stereocenters. The van der Waals surface area contributed by atoms with Crippen molar-refractivity contribution < 1.29 is 14.3 Å². The molecule has 1 amide bonds. The summed E-state index contributed by atoms with van der Waals surface area (Å²) < 4.78 is 10.8. The zero-order valence-corrected chi connectivity index (χ0v) is 14.5. The van der Waals surface area contributed by atoms with Gasteiger partial charge in [-0.2, -0.15) is 0 Å². The quantitative estimate of drug-likeness (QED) is 0.784. The Morgan fingerprint density at radius 1 is 1.08 bits per heavy atom. The Balaban J connectivity index is 2.05. The van der Waals surface area contributed by atoms with Gasteiger partial charge in [-0.15, -0.1) is 0 Å². The molecule has 0 radical (unpaired) electrons. The van der Waals surface area contributed by atoms with Gasteiger partial charge in [-0.25, -0.2) is 0 Å². The predicted molar refractivity (Wildman–Crippen MR) is 98.9 cm³/mol. The van der Waals surface area contributed by atoms with Crippen LogP contribution < -0.4 is 20.1 Å². The molecule has 5 nitrogen and oxygen atoms in total. The maximum absolute atomic E-state index is 12.4. The van der Waals surface area contributed by atoms with Gasteiger partial charge in [0.1, 0.15) is 11.5 Å². The van der Waals surface area contributed by atoms with Crippen LogP contribution in [0.2, 0.25) is 0 Å². The first-order chi connectivity index (χ1) is 11.7. The maximum atomic E-state index is 12.4. The number of hydrogen-bond acceptors (Lipinski definition) is 4. The largest absolute Gasteiger partial charge is 0.495 e. The van der Waals surface area contributed by atoms with Crippen molar-refractivity contribution in [2.45, 2.75) is 13.3 Å². The molecule has 2 aromatic carbocycles. The smallest absolute Gasteiger partial charge is 0.261 e. The van der Waals surface area contributed by atoms with Crippen LogP contribution in [0.25, 0.3) is 0 Å². The summed E-state index contributed by atoms with van der Waals surface area (Å²) in [5, 5.41) is 5.81. The number of anilines is 1. The third-order valence-corrected chi connectivity index (χ3v) is 3.38. The van der Waals surface area contributed by atoms with Gasteiger partial charge in [0.05, 0.1) is 25.0 Å². The second-order valence-electron chi connectivity index (χ2n) is 4.95. The van der Waals surface area contributed by atoms with E-state index in [2.05, 4.69) is 10.6 Å². The third-order valence-electron chi connectivity index (χ3n) is 3.18. The van der Waals surface area contributed by atoms with Gasteiger partial charge in [0, 0.05) is 0 Å². The van der Waals surface area contributed by atoms with Crippen LogP contribution in [-0.4, -0.2) is 24.7 Å². The first kappa shape index (κ1) is 17.7. The third kappa shape index (κ3) is 4.70. The molecule has 0 bridgehead atoms. The van der Waals surface area contributed by atoms with Crippen molar-refractivity contribution in [2.75, 3.05) is 19.0 Å². The molecule has 126 valence electrons. The van der Waals surface area contributed by atoms with E-state index in [1.807, 2.05) is 31.2 Å². The Labute approximate surface area is 147 Å². The number of amides is 1. The van der Waals surface area contributed by atoms with Crippen LogP contribution in [0.3, 0.4) is 0 Å². The van der Waals surface area contributed by atoms with Crippen LogP contribution in [0.4, 0.5) is 5.69 Å². The van der Waals surface area contributed by atoms with Gasteiger partial charge in [-0.05, 0) is 42.9 Å². The van der Waals surface area contributed by atoms with E-state index in [1.54, 1.807) is 31.4 Å². The lowest BCUT2D eigenvalue weighted by Crippen LogP contribution is -2.34. The van der Waals surface area contributed by atoms with Gasteiger partial charge in [0.2, 0.25) is 0 Å². The van der Waals surface area contributed by atoms with Crippen molar-refractivity contribution in [3.63, 3.8) is 0 Å². The fourth-order valence-electron chi connectivity index (χ4n) is 2.06. The number of carbonyl (C=O) groups is 1. The zero-order chi connectivity index (χ0) is 17.4. The number of hydrogen-bond donors (Lipinski definition) is 2. The van der Waals surface area contributed by atoms with Crippen LogP contribution >= 0.6 is 12.2 Å². The van der Waals surface area contributed by atoms with Crippen molar-refractivity contribution in [1.82, 2.24) is 5.32 Å². The molecular formula is C18H20N2O3S. The monoisotopic (exact) mass is 344 g/mol. The zero-order valence-electron chi connectivity index (χ0n) is 13.7. The molecule has 0 unspecified atom stereocenters. The van der Waals surface area contributed by atoms with Crippen LogP contribution in [0.5, 0.6) is 11.5 Å². The molecule has 2 rings (SSSR count). The summed E-state index contributed by atoms with van der Waals surface area (Å²) in [6, 6.07) is 14.4. The van der Waals surface area contributed by atoms with Gasteiger partial charge in [-0.3, -0.25) is 10.1 Å². The highest BCUT2D eigenvalue weighted by atomic mass is 32.1. The number of para-hydroxylation sites is 3. The standard InChI is InChI=1S/C18H20N2O3S/c1-3-12-23-15-10-6-4-8-13(15)17(21)20-18(24)19-14-9-5-7-11-16(14)22-2/h4-11H,3,12H2,1-2H3,(H2,19,20,21,24). The molecule has 0 aliphatic heterocycles. The van der Waals surface area contributed by atoms with Crippen LogP contribution in [-0.2, 0) is 0 Å². The molecule has 0 saturated carbocycles. The predicted octanol–water partition coefficient (Wildman–Crippen LogP) is 3.61. The molecule has 0 saturated heterocycles. The van der Waals surface area contributed by atoms with Crippen molar-refractivity contribution in [3.8, 4) is 11.5 Å². The van der Waals surface area contributed by atoms with Gasteiger partial charge < -0.3 is 14.8 Å². The van der Waals surface area contributed by atoms with E-state index in [-0.39, 0.29) is 11.0 Å². The Hall–Kier alpha value is -2.60. The fourth-order valence-corrected chi connectivity index (χ4v) is 2.27. The molecule has 0 fully saturated rings. The summed E-state index contributed by atoms with van der Waals surface area (Å²) in [7, 11) is 1.57. The molecule has 6 heteroatoms. The summed E-state index contributed by atoms with van der Waals surface area (Å²) in [6.07, 6.45) is 0.865. The molecule has 0 spiro atoms.